The smallest absolute Gasteiger partial charge is 0.251 e. The molecule has 0 saturated carbocycles. The highest BCUT2D eigenvalue weighted by Crippen LogP contribution is 2.33. The maximum Gasteiger partial charge on any atom is 0.251 e. The fourth-order valence-corrected chi connectivity index (χ4v) is 3.72. The summed E-state index contributed by atoms with van der Waals surface area (Å²) in [7, 11) is 3.19. The van der Waals surface area contributed by atoms with Crippen LogP contribution in [0.2, 0.25) is 0 Å². The highest BCUT2D eigenvalue weighted by atomic mass is 16.5. The van der Waals surface area contributed by atoms with Gasteiger partial charge in [-0.05, 0) is 64.3 Å². The number of hydrogen-bond acceptors (Lipinski definition) is 4. The van der Waals surface area contributed by atoms with E-state index in [2.05, 4.69) is 23.7 Å². The van der Waals surface area contributed by atoms with E-state index >= 15 is 0 Å². The number of likely N-dealkylation sites (tertiary alicyclic amines) is 1. The van der Waals surface area contributed by atoms with Crippen LogP contribution in [-0.2, 0) is 6.42 Å². The number of amides is 1. The minimum absolute atomic E-state index is 0.0763. The van der Waals surface area contributed by atoms with E-state index in [1.807, 2.05) is 6.07 Å². The Bertz CT molecular complexity index is 630. The summed E-state index contributed by atoms with van der Waals surface area (Å²) in [5.74, 6) is 1.15. The van der Waals surface area contributed by atoms with Gasteiger partial charge in [0.2, 0.25) is 0 Å². The van der Waals surface area contributed by atoms with Crippen LogP contribution in [0.3, 0.4) is 0 Å². The van der Waals surface area contributed by atoms with Crippen molar-refractivity contribution >= 4 is 5.91 Å². The summed E-state index contributed by atoms with van der Waals surface area (Å²) in [5, 5.41) is 3.03. The molecule has 1 aromatic carbocycles. The van der Waals surface area contributed by atoms with Crippen LogP contribution in [0.4, 0.5) is 0 Å². The van der Waals surface area contributed by atoms with Crippen molar-refractivity contribution in [2.45, 2.75) is 51.5 Å². The summed E-state index contributed by atoms with van der Waals surface area (Å²) < 4.78 is 10.8. The molecular formula is C22H34N2O3. The van der Waals surface area contributed by atoms with Gasteiger partial charge in [0.15, 0.2) is 11.5 Å². The van der Waals surface area contributed by atoms with Crippen LogP contribution < -0.4 is 14.8 Å². The van der Waals surface area contributed by atoms with Crippen molar-refractivity contribution in [3.8, 4) is 11.5 Å². The van der Waals surface area contributed by atoms with Crippen molar-refractivity contribution < 1.29 is 14.3 Å². The van der Waals surface area contributed by atoms with Crippen LogP contribution in [0, 0.1) is 0 Å². The lowest BCUT2D eigenvalue weighted by Crippen LogP contribution is -2.38. The molecule has 1 aromatic rings. The third-order valence-electron chi connectivity index (χ3n) is 5.28. The molecule has 0 aliphatic carbocycles. The van der Waals surface area contributed by atoms with Gasteiger partial charge in [-0.1, -0.05) is 12.5 Å². The molecule has 1 N–H and O–H groups in total. The summed E-state index contributed by atoms with van der Waals surface area (Å²) in [6, 6.07) is 4.28. The number of benzene rings is 1. The normalized spacial score (nSPS) is 17.4. The molecule has 0 radical (unpaired) electrons. The summed E-state index contributed by atoms with van der Waals surface area (Å²) >= 11 is 0. The largest absolute Gasteiger partial charge is 0.493 e. The number of rotatable bonds is 10. The maximum atomic E-state index is 12.5. The van der Waals surface area contributed by atoms with E-state index in [1.54, 1.807) is 26.4 Å². The fraction of sp³-hybridized carbons (Fsp3) is 0.591. The monoisotopic (exact) mass is 374 g/mol. The Kier molecular flexibility index (Phi) is 8.65. The molecular weight excluding hydrogens is 340 g/mol. The highest BCUT2D eigenvalue weighted by molar-refractivity contribution is 5.95. The van der Waals surface area contributed by atoms with Crippen LogP contribution in [0.5, 0.6) is 11.5 Å². The molecule has 150 valence electrons. The first-order chi connectivity index (χ1) is 13.1. The first-order valence-corrected chi connectivity index (χ1v) is 9.98. The summed E-state index contributed by atoms with van der Waals surface area (Å²) in [6.07, 6.45) is 8.48. The van der Waals surface area contributed by atoms with E-state index < -0.39 is 0 Å². The van der Waals surface area contributed by atoms with Gasteiger partial charge in [0.1, 0.15) is 0 Å². The summed E-state index contributed by atoms with van der Waals surface area (Å²) in [5.41, 5.74) is 1.49. The minimum Gasteiger partial charge on any atom is -0.493 e. The molecule has 27 heavy (non-hydrogen) atoms. The van der Waals surface area contributed by atoms with Crippen molar-refractivity contribution in [3.63, 3.8) is 0 Å². The molecule has 1 heterocycles. The lowest BCUT2D eigenvalue weighted by atomic mass is 10.0. The Morgan fingerprint density at radius 3 is 2.78 bits per heavy atom. The molecule has 1 aliphatic heterocycles. The van der Waals surface area contributed by atoms with E-state index in [0.717, 1.165) is 24.9 Å². The number of ether oxygens (including phenoxy) is 2. The minimum atomic E-state index is -0.0763. The molecule has 0 aromatic heterocycles. The number of hydrogen-bond donors (Lipinski definition) is 1. The lowest BCUT2D eigenvalue weighted by molar-refractivity contribution is 0.0951. The number of allylic oxidation sites excluding steroid dienone is 1. The highest BCUT2D eigenvalue weighted by Gasteiger charge is 2.18. The van der Waals surface area contributed by atoms with Crippen LogP contribution in [0.1, 0.15) is 54.9 Å². The van der Waals surface area contributed by atoms with Crippen molar-refractivity contribution in [2.24, 2.45) is 0 Å². The average molecular weight is 375 g/mol. The fourth-order valence-electron chi connectivity index (χ4n) is 3.72. The number of carbonyl (C=O) groups excluding carboxylic acids is 1. The molecule has 0 spiro atoms. The topological polar surface area (TPSA) is 50.8 Å². The van der Waals surface area contributed by atoms with Crippen molar-refractivity contribution in [1.82, 2.24) is 10.2 Å². The molecule has 2 rings (SSSR count). The first kappa shape index (κ1) is 21.3. The van der Waals surface area contributed by atoms with Gasteiger partial charge in [-0.15, -0.1) is 6.58 Å². The summed E-state index contributed by atoms with van der Waals surface area (Å²) in [4.78, 5) is 15.1. The predicted octanol–water partition coefficient (Wildman–Crippen LogP) is 3.82. The van der Waals surface area contributed by atoms with Gasteiger partial charge in [-0.3, -0.25) is 4.79 Å². The third kappa shape index (κ3) is 5.99. The zero-order valence-electron chi connectivity index (χ0n) is 17.1. The number of carbonyl (C=O) groups is 1. The van der Waals surface area contributed by atoms with E-state index in [1.165, 1.54) is 25.8 Å². The number of unbranched alkanes of at least 4 members (excludes halogenated alkanes) is 1. The van der Waals surface area contributed by atoms with Gasteiger partial charge < -0.3 is 19.7 Å². The molecule has 1 aliphatic rings. The third-order valence-corrected chi connectivity index (χ3v) is 5.28. The van der Waals surface area contributed by atoms with E-state index in [9.17, 15) is 4.79 Å². The van der Waals surface area contributed by atoms with Gasteiger partial charge in [-0.2, -0.15) is 0 Å². The standard InChI is InChI=1S/C22H34N2O3/c1-5-10-18-15-19(16-20(26-3)21(18)27-4)22(25)23-12-7-9-14-24-13-8-6-11-17(24)2/h5,15-17H,1,6-14H2,2-4H3,(H,23,25). The van der Waals surface area contributed by atoms with Crippen molar-refractivity contribution in [2.75, 3.05) is 33.9 Å². The molecule has 1 saturated heterocycles. The number of nitrogens with zero attached hydrogens (tertiary/aromatic N) is 1. The van der Waals surface area contributed by atoms with Gasteiger partial charge in [-0.25, -0.2) is 0 Å². The van der Waals surface area contributed by atoms with Crippen molar-refractivity contribution in [3.05, 3.63) is 35.9 Å². The van der Waals surface area contributed by atoms with Gasteiger partial charge in [0.05, 0.1) is 14.2 Å². The lowest BCUT2D eigenvalue weighted by Gasteiger charge is -2.33. The quantitative estimate of drug-likeness (QED) is 0.500. The molecule has 1 atom stereocenters. The number of nitrogens with one attached hydrogen (secondary N) is 1. The number of piperidine rings is 1. The second kappa shape index (κ2) is 11.0. The zero-order chi connectivity index (χ0) is 19.6. The van der Waals surface area contributed by atoms with Crippen LogP contribution >= 0.6 is 0 Å². The molecule has 0 bridgehead atoms. The first-order valence-electron chi connectivity index (χ1n) is 9.98. The van der Waals surface area contributed by atoms with Crippen LogP contribution in [-0.4, -0.2) is 50.7 Å². The zero-order valence-corrected chi connectivity index (χ0v) is 17.1. The molecule has 1 fully saturated rings. The molecule has 1 unspecified atom stereocenters. The Labute approximate surface area is 163 Å². The molecule has 1 amide bonds. The Morgan fingerprint density at radius 1 is 1.30 bits per heavy atom. The van der Waals surface area contributed by atoms with Gasteiger partial charge in [0.25, 0.3) is 5.91 Å². The van der Waals surface area contributed by atoms with Crippen molar-refractivity contribution in [1.29, 1.82) is 0 Å². The second-order valence-corrected chi connectivity index (χ2v) is 7.21. The SMILES string of the molecule is C=CCc1cc(C(=O)NCCCCN2CCCCC2C)cc(OC)c1OC. The molecule has 5 nitrogen and oxygen atoms in total. The second-order valence-electron chi connectivity index (χ2n) is 7.21. The maximum absolute atomic E-state index is 12.5. The number of methoxy groups -OCH3 is 2. The Hall–Kier alpha value is -2.01. The molecule has 5 heteroatoms. The average Bonchev–Trinajstić information content (AvgIpc) is 2.68. The van der Waals surface area contributed by atoms with E-state index in [4.69, 9.17) is 9.47 Å². The Balaban J connectivity index is 1.86. The van der Waals surface area contributed by atoms with Gasteiger partial charge >= 0.3 is 0 Å². The van der Waals surface area contributed by atoms with E-state index in [-0.39, 0.29) is 5.91 Å². The van der Waals surface area contributed by atoms with Crippen LogP contribution in [0.15, 0.2) is 24.8 Å². The van der Waals surface area contributed by atoms with E-state index in [0.29, 0.717) is 36.1 Å². The van der Waals surface area contributed by atoms with Gasteiger partial charge in [0, 0.05) is 23.7 Å². The predicted molar refractivity (Wildman–Crippen MR) is 110 cm³/mol. The summed E-state index contributed by atoms with van der Waals surface area (Å²) in [6.45, 7) is 9.11. The van der Waals surface area contributed by atoms with Crippen LogP contribution in [0.25, 0.3) is 0 Å². The Morgan fingerprint density at radius 2 is 2.11 bits per heavy atom.